The predicted molar refractivity (Wildman–Crippen MR) is 82.7 cm³/mol. The minimum atomic E-state index is -0.261. The van der Waals surface area contributed by atoms with Gasteiger partial charge in [-0.25, -0.2) is 0 Å². The Balaban J connectivity index is 1.73. The Labute approximate surface area is 127 Å². The summed E-state index contributed by atoms with van der Waals surface area (Å²) in [6.07, 6.45) is 7.92. The third kappa shape index (κ3) is 4.70. The Hall–Kier alpha value is -1.10. The molecule has 2 amide bonds. The molecule has 2 aliphatic rings. The lowest BCUT2D eigenvalue weighted by Gasteiger charge is -2.34. The Morgan fingerprint density at radius 2 is 1.86 bits per heavy atom. The average molecular weight is 295 g/mol. The van der Waals surface area contributed by atoms with E-state index in [1.165, 1.54) is 0 Å². The number of amides is 2. The molecular weight excluding hydrogens is 266 g/mol. The summed E-state index contributed by atoms with van der Waals surface area (Å²) in [5, 5.41) is 3.06. The zero-order valence-corrected chi connectivity index (χ0v) is 13.2. The van der Waals surface area contributed by atoms with Crippen molar-refractivity contribution in [3.8, 4) is 0 Å². The van der Waals surface area contributed by atoms with Gasteiger partial charge < -0.3 is 16.0 Å². The molecule has 5 heteroatoms. The van der Waals surface area contributed by atoms with Gasteiger partial charge in [0.2, 0.25) is 11.8 Å². The maximum Gasteiger partial charge on any atom is 0.224 e. The maximum absolute atomic E-state index is 12.3. The molecule has 0 radical (unpaired) electrons. The number of nitrogens with two attached hydrogens (primary N) is 1. The van der Waals surface area contributed by atoms with Crippen molar-refractivity contribution in [2.45, 2.75) is 76.3 Å². The SMILES string of the molecule is CCCC(=O)NC1CCN(C(=O)CC2(N)CCCC2)CC1. The van der Waals surface area contributed by atoms with E-state index in [0.717, 1.165) is 58.0 Å². The second-order valence-electron chi connectivity index (χ2n) is 6.72. The zero-order valence-electron chi connectivity index (χ0n) is 13.2. The van der Waals surface area contributed by atoms with Gasteiger partial charge in [0.05, 0.1) is 0 Å². The van der Waals surface area contributed by atoms with Gasteiger partial charge in [0.15, 0.2) is 0 Å². The van der Waals surface area contributed by atoms with Crippen LogP contribution in [0, 0.1) is 0 Å². The fourth-order valence-corrected chi connectivity index (χ4v) is 3.47. The molecule has 1 heterocycles. The minimum absolute atomic E-state index is 0.133. The predicted octanol–water partition coefficient (Wildman–Crippen LogP) is 1.56. The molecule has 0 spiro atoms. The van der Waals surface area contributed by atoms with Crippen LogP contribution in [0.25, 0.3) is 0 Å². The number of rotatable bonds is 5. The monoisotopic (exact) mass is 295 g/mol. The molecule has 2 fully saturated rings. The van der Waals surface area contributed by atoms with Crippen LogP contribution in [0.4, 0.5) is 0 Å². The quantitative estimate of drug-likeness (QED) is 0.808. The second kappa shape index (κ2) is 7.25. The largest absolute Gasteiger partial charge is 0.353 e. The van der Waals surface area contributed by atoms with Gasteiger partial charge in [-0.3, -0.25) is 9.59 Å². The molecular formula is C16H29N3O2. The first-order valence-corrected chi connectivity index (χ1v) is 8.38. The lowest BCUT2D eigenvalue weighted by molar-refractivity contribution is -0.133. The molecule has 0 unspecified atom stereocenters. The summed E-state index contributed by atoms with van der Waals surface area (Å²) in [7, 11) is 0. The molecule has 0 bridgehead atoms. The standard InChI is InChI=1S/C16H29N3O2/c1-2-5-14(20)18-13-6-10-19(11-7-13)15(21)12-16(17)8-3-4-9-16/h13H,2-12,17H2,1H3,(H,18,20). The number of carbonyl (C=O) groups is 2. The fourth-order valence-electron chi connectivity index (χ4n) is 3.47. The molecule has 120 valence electrons. The van der Waals surface area contributed by atoms with Crippen molar-refractivity contribution in [1.82, 2.24) is 10.2 Å². The smallest absolute Gasteiger partial charge is 0.224 e. The number of hydrogen-bond acceptors (Lipinski definition) is 3. The van der Waals surface area contributed by atoms with Crippen molar-refractivity contribution in [2.24, 2.45) is 5.73 Å². The molecule has 5 nitrogen and oxygen atoms in total. The minimum Gasteiger partial charge on any atom is -0.353 e. The van der Waals surface area contributed by atoms with Crippen LogP contribution < -0.4 is 11.1 Å². The molecule has 1 saturated heterocycles. The van der Waals surface area contributed by atoms with Crippen molar-refractivity contribution in [1.29, 1.82) is 0 Å². The van der Waals surface area contributed by atoms with E-state index in [1.807, 2.05) is 11.8 Å². The number of carbonyl (C=O) groups excluding carboxylic acids is 2. The molecule has 0 aromatic rings. The first-order valence-electron chi connectivity index (χ1n) is 8.38. The van der Waals surface area contributed by atoms with Crippen LogP contribution >= 0.6 is 0 Å². The van der Waals surface area contributed by atoms with E-state index in [1.54, 1.807) is 0 Å². The number of piperidine rings is 1. The van der Waals surface area contributed by atoms with Crippen molar-refractivity contribution >= 4 is 11.8 Å². The summed E-state index contributed by atoms with van der Waals surface area (Å²) in [6.45, 7) is 3.49. The van der Waals surface area contributed by atoms with Crippen molar-refractivity contribution < 1.29 is 9.59 Å². The van der Waals surface area contributed by atoms with Gasteiger partial charge in [-0.05, 0) is 32.1 Å². The summed E-state index contributed by atoms with van der Waals surface area (Å²) >= 11 is 0. The molecule has 2 rings (SSSR count). The van der Waals surface area contributed by atoms with Crippen molar-refractivity contribution in [3.05, 3.63) is 0 Å². The summed E-state index contributed by atoms with van der Waals surface area (Å²) in [5.74, 6) is 0.326. The zero-order chi connectivity index (χ0) is 15.3. The van der Waals surface area contributed by atoms with Gasteiger partial charge in [-0.15, -0.1) is 0 Å². The highest BCUT2D eigenvalue weighted by molar-refractivity contribution is 5.78. The first kappa shape index (κ1) is 16.3. The highest BCUT2D eigenvalue weighted by Gasteiger charge is 2.34. The summed E-state index contributed by atoms with van der Waals surface area (Å²) in [6, 6.07) is 0.228. The third-order valence-electron chi connectivity index (χ3n) is 4.79. The normalized spacial score (nSPS) is 22.3. The summed E-state index contributed by atoms with van der Waals surface area (Å²) < 4.78 is 0. The molecule has 0 aromatic heterocycles. The van der Waals surface area contributed by atoms with E-state index in [0.29, 0.717) is 12.8 Å². The average Bonchev–Trinajstić information content (AvgIpc) is 2.86. The summed E-state index contributed by atoms with van der Waals surface area (Å²) in [4.78, 5) is 25.9. The molecule has 0 aromatic carbocycles. The van der Waals surface area contributed by atoms with E-state index in [4.69, 9.17) is 5.73 Å². The molecule has 1 aliphatic heterocycles. The Kier molecular flexibility index (Phi) is 5.62. The fraction of sp³-hybridized carbons (Fsp3) is 0.875. The van der Waals surface area contributed by atoms with Crippen molar-refractivity contribution in [2.75, 3.05) is 13.1 Å². The highest BCUT2D eigenvalue weighted by atomic mass is 16.2. The molecule has 21 heavy (non-hydrogen) atoms. The van der Waals surface area contributed by atoms with E-state index >= 15 is 0 Å². The van der Waals surface area contributed by atoms with E-state index < -0.39 is 0 Å². The van der Waals surface area contributed by atoms with E-state index in [-0.39, 0.29) is 23.4 Å². The molecule has 1 saturated carbocycles. The number of hydrogen-bond donors (Lipinski definition) is 2. The number of nitrogens with zero attached hydrogens (tertiary/aromatic N) is 1. The third-order valence-corrected chi connectivity index (χ3v) is 4.79. The van der Waals surface area contributed by atoms with Crippen LogP contribution in [-0.4, -0.2) is 41.4 Å². The van der Waals surface area contributed by atoms with Gasteiger partial charge in [-0.1, -0.05) is 19.8 Å². The Bertz CT molecular complexity index is 370. The maximum atomic E-state index is 12.3. The van der Waals surface area contributed by atoms with Crippen LogP contribution in [0.5, 0.6) is 0 Å². The molecule has 3 N–H and O–H groups in total. The van der Waals surface area contributed by atoms with Crippen LogP contribution in [0.15, 0.2) is 0 Å². The molecule has 1 aliphatic carbocycles. The first-order chi connectivity index (χ1) is 10.0. The van der Waals surface area contributed by atoms with Crippen LogP contribution in [0.1, 0.15) is 64.7 Å². The van der Waals surface area contributed by atoms with Gasteiger partial charge in [-0.2, -0.15) is 0 Å². The van der Waals surface area contributed by atoms with E-state index in [9.17, 15) is 9.59 Å². The Morgan fingerprint density at radius 1 is 1.24 bits per heavy atom. The van der Waals surface area contributed by atoms with Crippen LogP contribution in [-0.2, 0) is 9.59 Å². The Morgan fingerprint density at radius 3 is 2.43 bits per heavy atom. The topological polar surface area (TPSA) is 75.4 Å². The number of nitrogens with one attached hydrogen (secondary N) is 1. The van der Waals surface area contributed by atoms with Crippen molar-refractivity contribution in [3.63, 3.8) is 0 Å². The highest BCUT2D eigenvalue weighted by Crippen LogP contribution is 2.30. The van der Waals surface area contributed by atoms with Crippen LogP contribution in [0.3, 0.4) is 0 Å². The second-order valence-corrected chi connectivity index (χ2v) is 6.72. The van der Waals surface area contributed by atoms with Gasteiger partial charge in [0.1, 0.15) is 0 Å². The lowest BCUT2D eigenvalue weighted by Crippen LogP contribution is -2.49. The number of likely N-dealkylation sites (tertiary alicyclic amines) is 1. The van der Waals surface area contributed by atoms with Gasteiger partial charge in [0, 0.05) is 37.5 Å². The van der Waals surface area contributed by atoms with Gasteiger partial charge in [0.25, 0.3) is 0 Å². The summed E-state index contributed by atoms with van der Waals surface area (Å²) in [5.41, 5.74) is 6.03. The van der Waals surface area contributed by atoms with Gasteiger partial charge >= 0.3 is 0 Å². The van der Waals surface area contributed by atoms with E-state index in [2.05, 4.69) is 5.32 Å². The molecule has 0 atom stereocenters. The van der Waals surface area contributed by atoms with Crippen LogP contribution in [0.2, 0.25) is 0 Å². The lowest BCUT2D eigenvalue weighted by atomic mass is 9.93.